The molecule has 2 rings (SSSR count). The van der Waals surface area contributed by atoms with Crippen molar-refractivity contribution in [3.8, 4) is 11.5 Å². The summed E-state index contributed by atoms with van der Waals surface area (Å²) in [6, 6.07) is 10.1. The molecule has 0 aliphatic carbocycles. The van der Waals surface area contributed by atoms with Gasteiger partial charge in [-0.15, -0.1) is 0 Å². The molecule has 0 radical (unpaired) electrons. The van der Waals surface area contributed by atoms with Crippen molar-refractivity contribution in [1.29, 1.82) is 0 Å². The second-order valence-electron chi connectivity index (χ2n) is 5.17. The van der Waals surface area contributed by atoms with Crippen molar-refractivity contribution in [2.24, 2.45) is 0 Å². The quantitative estimate of drug-likeness (QED) is 0.790. The van der Waals surface area contributed by atoms with E-state index < -0.39 is 0 Å². The molecule has 0 bridgehead atoms. The van der Waals surface area contributed by atoms with E-state index in [1.54, 1.807) is 30.3 Å². The maximum atomic E-state index is 12.5. The molecule has 0 saturated carbocycles. The molecule has 0 aliphatic rings. The van der Waals surface area contributed by atoms with Crippen LogP contribution in [0.5, 0.6) is 11.5 Å². The first-order chi connectivity index (χ1) is 11.5. The van der Waals surface area contributed by atoms with Gasteiger partial charge in [0, 0.05) is 5.56 Å². The minimum absolute atomic E-state index is 0.213. The molecule has 1 amide bonds. The van der Waals surface area contributed by atoms with Crippen LogP contribution < -0.4 is 14.8 Å². The van der Waals surface area contributed by atoms with Crippen molar-refractivity contribution >= 4 is 29.1 Å². The van der Waals surface area contributed by atoms with Crippen molar-refractivity contribution in [3.05, 3.63) is 57.6 Å². The van der Waals surface area contributed by atoms with Crippen LogP contribution in [0, 0.1) is 0 Å². The Morgan fingerprint density at radius 3 is 2.50 bits per heavy atom. The van der Waals surface area contributed by atoms with E-state index in [1.807, 2.05) is 19.9 Å². The van der Waals surface area contributed by atoms with E-state index >= 15 is 0 Å². The average molecular weight is 368 g/mol. The normalized spacial score (nSPS) is 11.7. The van der Waals surface area contributed by atoms with E-state index in [0.717, 1.165) is 5.56 Å². The summed E-state index contributed by atoms with van der Waals surface area (Å²) >= 11 is 11.9. The summed E-state index contributed by atoms with van der Waals surface area (Å²) in [6.45, 7) is 4.29. The molecule has 128 valence electrons. The minimum Gasteiger partial charge on any atom is -0.493 e. The highest BCUT2D eigenvalue weighted by Crippen LogP contribution is 2.29. The van der Waals surface area contributed by atoms with Gasteiger partial charge in [-0.2, -0.15) is 0 Å². The SMILES string of the molecule is CCOc1ccc(C(=O)NC(C)c2ccc(Cl)c(Cl)c2)cc1OC. The Morgan fingerprint density at radius 1 is 1.12 bits per heavy atom. The van der Waals surface area contributed by atoms with Crippen LogP contribution in [0.4, 0.5) is 0 Å². The van der Waals surface area contributed by atoms with Crippen molar-refractivity contribution in [3.63, 3.8) is 0 Å². The summed E-state index contributed by atoms with van der Waals surface area (Å²) in [6.07, 6.45) is 0. The third kappa shape index (κ3) is 4.34. The van der Waals surface area contributed by atoms with Gasteiger partial charge in [0.1, 0.15) is 0 Å². The first-order valence-corrected chi connectivity index (χ1v) is 8.28. The van der Waals surface area contributed by atoms with E-state index in [4.69, 9.17) is 32.7 Å². The fourth-order valence-electron chi connectivity index (χ4n) is 2.23. The first kappa shape index (κ1) is 18.4. The largest absolute Gasteiger partial charge is 0.493 e. The van der Waals surface area contributed by atoms with Gasteiger partial charge in [-0.25, -0.2) is 0 Å². The Kier molecular flexibility index (Phi) is 6.35. The van der Waals surface area contributed by atoms with Crippen molar-refractivity contribution < 1.29 is 14.3 Å². The molecule has 0 heterocycles. The number of amides is 1. The second-order valence-corrected chi connectivity index (χ2v) is 5.98. The highest BCUT2D eigenvalue weighted by atomic mass is 35.5. The third-order valence-electron chi connectivity index (χ3n) is 3.52. The molecule has 1 N–H and O–H groups in total. The highest BCUT2D eigenvalue weighted by molar-refractivity contribution is 6.42. The van der Waals surface area contributed by atoms with Crippen molar-refractivity contribution in [2.75, 3.05) is 13.7 Å². The summed E-state index contributed by atoms with van der Waals surface area (Å²) in [5.41, 5.74) is 1.36. The molecular formula is C18H19Cl2NO3. The van der Waals surface area contributed by atoms with E-state index in [9.17, 15) is 4.79 Å². The third-order valence-corrected chi connectivity index (χ3v) is 4.26. The van der Waals surface area contributed by atoms with Gasteiger partial charge in [0.15, 0.2) is 11.5 Å². The molecule has 2 aromatic rings. The summed E-state index contributed by atoms with van der Waals surface area (Å²) in [7, 11) is 1.54. The monoisotopic (exact) mass is 367 g/mol. The predicted octanol–water partition coefficient (Wildman–Crippen LogP) is 4.89. The maximum absolute atomic E-state index is 12.5. The van der Waals surface area contributed by atoms with Crippen LogP contribution in [-0.2, 0) is 0 Å². The van der Waals surface area contributed by atoms with E-state index in [0.29, 0.717) is 33.7 Å². The number of ether oxygens (including phenoxy) is 2. The standard InChI is InChI=1S/C18H19Cl2NO3/c1-4-24-16-8-6-13(10-17(16)23-3)18(22)21-11(2)12-5-7-14(19)15(20)9-12/h5-11H,4H2,1-3H3,(H,21,22). The topological polar surface area (TPSA) is 47.6 Å². The van der Waals surface area contributed by atoms with E-state index in [2.05, 4.69) is 5.32 Å². The van der Waals surface area contributed by atoms with Gasteiger partial charge in [0.25, 0.3) is 5.91 Å². The second kappa shape index (κ2) is 8.27. The number of methoxy groups -OCH3 is 1. The number of nitrogens with one attached hydrogen (secondary N) is 1. The molecule has 4 nitrogen and oxygen atoms in total. The number of benzene rings is 2. The van der Waals surface area contributed by atoms with E-state index in [-0.39, 0.29) is 11.9 Å². The molecule has 0 spiro atoms. The first-order valence-electron chi connectivity index (χ1n) is 7.53. The van der Waals surface area contributed by atoms with Crippen LogP contribution in [0.2, 0.25) is 10.0 Å². The molecule has 24 heavy (non-hydrogen) atoms. The number of hydrogen-bond donors (Lipinski definition) is 1. The highest BCUT2D eigenvalue weighted by Gasteiger charge is 2.15. The van der Waals surface area contributed by atoms with Crippen molar-refractivity contribution in [2.45, 2.75) is 19.9 Å². The summed E-state index contributed by atoms with van der Waals surface area (Å²) in [5, 5.41) is 3.86. The van der Waals surface area contributed by atoms with Gasteiger partial charge < -0.3 is 14.8 Å². The molecule has 0 fully saturated rings. The van der Waals surface area contributed by atoms with Crippen LogP contribution >= 0.6 is 23.2 Å². The average Bonchev–Trinajstić information content (AvgIpc) is 2.57. The fourth-order valence-corrected chi connectivity index (χ4v) is 2.54. The maximum Gasteiger partial charge on any atom is 0.251 e. The molecule has 1 unspecified atom stereocenters. The predicted molar refractivity (Wildman–Crippen MR) is 96.5 cm³/mol. The number of halogens is 2. The Labute approximate surface area is 151 Å². The molecule has 1 atom stereocenters. The van der Waals surface area contributed by atoms with Gasteiger partial charge in [-0.05, 0) is 49.7 Å². The Hall–Kier alpha value is -1.91. The molecule has 0 aromatic heterocycles. The van der Waals surface area contributed by atoms with Gasteiger partial charge in [-0.1, -0.05) is 29.3 Å². The number of rotatable bonds is 6. The molecular weight excluding hydrogens is 349 g/mol. The zero-order chi connectivity index (χ0) is 17.7. The fraction of sp³-hybridized carbons (Fsp3) is 0.278. The molecule has 0 aliphatic heterocycles. The minimum atomic E-state index is -0.218. The summed E-state index contributed by atoms with van der Waals surface area (Å²) in [4.78, 5) is 12.5. The van der Waals surface area contributed by atoms with Crippen LogP contribution in [0.3, 0.4) is 0 Å². The van der Waals surface area contributed by atoms with Gasteiger partial charge in [0.05, 0.1) is 29.8 Å². The van der Waals surface area contributed by atoms with Crippen LogP contribution in [0.1, 0.15) is 35.8 Å². The van der Waals surface area contributed by atoms with Crippen LogP contribution in [-0.4, -0.2) is 19.6 Å². The van der Waals surface area contributed by atoms with Crippen LogP contribution in [0.25, 0.3) is 0 Å². The van der Waals surface area contributed by atoms with E-state index in [1.165, 1.54) is 7.11 Å². The molecule has 0 saturated heterocycles. The van der Waals surface area contributed by atoms with Gasteiger partial charge >= 0.3 is 0 Å². The Bertz CT molecular complexity index is 734. The lowest BCUT2D eigenvalue weighted by Crippen LogP contribution is -2.26. The lowest BCUT2D eigenvalue weighted by Gasteiger charge is -2.16. The lowest BCUT2D eigenvalue weighted by molar-refractivity contribution is 0.0939. The smallest absolute Gasteiger partial charge is 0.251 e. The molecule has 6 heteroatoms. The Morgan fingerprint density at radius 2 is 1.88 bits per heavy atom. The number of carbonyl (C=O) groups excluding carboxylic acids is 1. The summed E-state index contributed by atoms with van der Waals surface area (Å²) < 4.78 is 10.7. The Balaban J connectivity index is 2.15. The molecule has 2 aromatic carbocycles. The van der Waals surface area contributed by atoms with Gasteiger partial charge in [0.2, 0.25) is 0 Å². The van der Waals surface area contributed by atoms with Crippen LogP contribution in [0.15, 0.2) is 36.4 Å². The number of hydrogen-bond acceptors (Lipinski definition) is 3. The summed E-state index contributed by atoms with van der Waals surface area (Å²) in [5.74, 6) is 0.913. The van der Waals surface area contributed by atoms with Crippen molar-refractivity contribution in [1.82, 2.24) is 5.32 Å². The van der Waals surface area contributed by atoms with Gasteiger partial charge in [-0.3, -0.25) is 4.79 Å². The number of carbonyl (C=O) groups is 1. The zero-order valence-electron chi connectivity index (χ0n) is 13.7. The lowest BCUT2D eigenvalue weighted by atomic mass is 10.1. The zero-order valence-corrected chi connectivity index (χ0v) is 15.2.